The van der Waals surface area contributed by atoms with Crippen LogP contribution in [0.25, 0.3) is 0 Å². The summed E-state index contributed by atoms with van der Waals surface area (Å²) >= 11 is 11.9. The fraction of sp³-hybridized carbons (Fsp3) is 0.579. The van der Waals surface area contributed by atoms with E-state index in [0.717, 1.165) is 25.7 Å². The van der Waals surface area contributed by atoms with E-state index in [1.165, 1.54) is 0 Å². The Labute approximate surface area is 193 Å². The largest absolute Gasteiger partial charge is 0.386 e. The molecule has 1 fully saturated rings. The highest BCUT2D eigenvalue weighted by Gasteiger charge is 2.24. The van der Waals surface area contributed by atoms with Crippen LogP contribution in [0.2, 0.25) is 10.0 Å². The van der Waals surface area contributed by atoms with Crippen molar-refractivity contribution < 1.29 is 9.90 Å². The zero-order valence-electron chi connectivity index (χ0n) is 16.0. The maximum atomic E-state index is 11.8. The van der Waals surface area contributed by atoms with Crippen molar-refractivity contribution in [1.29, 1.82) is 0 Å². The summed E-state index contributed by atoms with van der Waals surface area (Å²) in [4.78, 5) is 16.2. The molecule has 1 atom stereocenters. The molecule has 0 bridgehead atoms. The van der Waals surface area contributed by atoms with Crippen molar-refractivity contribution in [3.63, 3.8) is 0 Å². The highest BCUT2D eigenvalue weighted by Crippen LogP contribution is 2.26. The van der Waals surface area contributed by atoms with Gasteiger partial charge in [-0.2, -0.15) is 0 Å². The number of aliphatic hydroxyl groups is 1. The molecule has 0 aliphatic heterocycles. The van der Waals surface area contributed by atoms with Crippen LogP contribution in [0.1, 0.15) is 44.3 Å². The van der Waals surface area contributed by atoms with Gasteiger partial charge in [0.1, 0.15) is 0 Å². The van der Waals surface area contributed by atoms with E-state index in [0.29, 0.717) is 41.2 Å². The van der Waals surface area contributed by atoms with Gasteiger partial charge in [0.15, 0.2) is 5.96 Å². The van der Waals surface area contributed by atoms with Crippen LogP contribution in [0.3, 0.4) is 0 Å². The third-order valence-corrected chi connectivity index (χ3v) is 4.89. The molecule has 9 heteroatoms. The van der Waals surface area contributed by atoms with Gasteiger partial charge in [0.2, 0.25) is 5.91 Å². The number of nitrogens with zero attached hydrogens (tertiary/aromatic N) is 1. The molecule has 1 amide bonds. The van der Waals surface area contributed by atoms with E-state index in [-0.39, 0.29) is 42.3 Å². The molecular formula is C19H29Cl2IN4O2. The molecule has 0 spiro atoms. The Morgan fingerprint density at radius 3 is 2.39 bits per heavy atom. The number of hydrogen-bond donors (Lipinski definition) is 4. The third kappa shape index (κ3) is 8.71. The fourth-order valence-electron chi connectivity index (χ4n) is 2.71. The number of guanidine groups is 1. The predicted molar refractivity (Wildman–Crippen MR) is 126 cm³/mol. The van der Waals surface area contributed by atoms with Gasteiger partial charge in [-0.3, -0.25) is 9.79 Å². The summed E-state index contributed by atoms with van der Waals surface area (Å²) in [6, 6.07) is 4.98. The lowest BCUT2D eigenvalue weighted by atomic mass is 9.85. The van der Waals surface area contributed by atoms with Gasteiger partial charge in [-0.15, -0.1) is 24.0 Å². The average molecular weight is 543 g/mol. The molecule has 1 aromatic rings. The maximum absolute atomic E-state index is 11.8. The molecule has 1 aliphatic rings. The molecule has 0 radical (unpaired) electrons. The zero-order chi connectivity index (χ0) is 19.6. The first-order valence-corrected chi connectivity index (χ1v) is 10.2. The molecule has 4 N–H and O–H groups in total. The van der Waals surface area contributed by atoms with E-state index in [4.69, 9.17) is 23.2 Å². The van der Waals surface area contributed by atoms with Crippen LogP contribution in [0, 0.1) is 5.92 Å². The monoisotopic (exact) mass is 542 g/mol. The van der Waals surface area contributed by atoms with Crippen molar-refractivity contribution in [1.82, 2.24) is 16.0 Å². The molecule has 6 nitrogen and oxygen atoms in total. The third-order valence-electron chi connectivity index (χ3n) is 4.46. The van der Waals surface area contributed by atoms with Gasteiger partial charge in [0, 0.05) is 35.6 Å². The summed E-state index contributed by atoms with van der Waals surface area (Å²) in [6.07, 6.45) is 3.20. The van der Waals surface area contributed by atoms with Gasteiger partial charge in [-0.1, -0.05) is 29.6 Å². The van der Waals surface area contributed by atoms with Crippen LogP contribution < -0.4 is 16.0 Å². The van der Waals surface area contributed by atoms with Crippen molar-refractivity contribution in [3.05, 3.63) is 33.8 Å². The number of carbonyl (C=O) groups is 1. The summed E-state index contributed by atoms with van der Waals surface area (Å²) in [5.74, 6) is 1.01. The van der Waals surface area contributed by atoms with Gasteiger partial charge in [0.05, 0.1) is 12.6 Å². The van der Waals surface area contributed by atoms with Crippen molar-refractivity contribution in [2.45, 2.75) is 38.7 Å². The number of aliphatic imine (C=N–C) groups is 1. The highest BCUT2D eigenvalue weighted by molar-refractivity contribution is 14.0. The summed E-state index contributed by atoms with van der Waals surface area (Å²) in [5, 5.41) is 20.6. The second-order valence-electron chi connectivity index (χ2n) is 6.64. The number of carbonyl (C=O) groups excluding carboxylic acids is 1. The maximum Gasteiger partial charge on any atom is 0.223 e. The Balaban J connectivity index is 0.00000392. The first-order chi connectivity index (χ1) is 13.0. The molecule has 2 rings (SSSR count). The normalized spacial score (nSPS) is 15.2. The quantitative estimate of drug-likeness (QED) is 0.166. The lowest BCUT2D eigenvalue weighted by Gasteiger charge is -2.24. The molecule has 0 heterocycles. The van der Waals surface area contributed by atoms with E-state index in [2.05, 4.69) is 20.9 Å². The van der Waals surface area contributed by atoms with Gasteiger partial charge in [0.25, 0.3) is 0 Å². The number of nitrogens with one attached hydrogen (secondary N) is 3. The minimum atomic E-state index is -0.793. The predicted octanol–water partition coefficient (Wildman–Crippen LogP) is 3.51. The van der Waals surface area contributed by atoms with Crippen LogP contribution >= 0.6 is 47.2 Å². The van der Waals surface area contributed by atoms with E-state index in [9.17, 15) is 9.90 Å². The van der Waals surface area contributed by atoms with Crippen molar-refractivity contribution in [2.24, 2.45) is 10.9 Å². The molecule has 0 saturated heterocycles. The second kappa shape index (κ2) is 13.5. The van der Waals surface area contributed by atoms with Crippen LogP contribution in [0.15, 0.2) is 23.2 Å². The Morgan fingerprint density at radius 2 is 1.82 bits per heavy atom. The van der Waals surface area contributed by atoms with E-state index in [1.54, 1.807) is 18.2 Å². The van der Waals surface area contributed by atoms with Crippen LogP contribution in [0.5, 0.6) is 0 Å². The molecule has 158 valence electrons. The zero-order valence-corrected chi connectivity index (χ0v) is 19.9. The molecule has 1 saturated carbocycles. The van der Waals surface area contributed by atoms with E-state index < -0.39 is 6.10 Å². The minimum Gasteiger partial charge on any atom is -0.386 e. The van der Waals surface area contributed by atoms with Crippen LogP contribution in [-0.4, -0.2) is 43.2 Å². The molecule has 1 unspecified atom stereocenters. The second-order valence-corrected chi connectivity index (χ2v) is 7.51. The number of aliphatic hydroxyl groups excluding tert-OH is 1. The van der Waals surface area contributed by atoms with Gasteiger partial charge in [-0.25, -0.2) is 0 Å². The average Bonchev–Trinajstić information content (AvgIpc) is 2.56. The molecular weight excluding hydrogens is 514 g/mol. The number of halogens is 3. The topological polar surface area (TPSA) is 85.8 Å². The first-order valence-electron chi connectivity index (χ1n) is 9.43. The molecule has 1 aromatic carbocycles. The van der Waals surface area contributed by atoms with Crippen molar-refractivity contribution in [3.8, 4) is 0 Å². The number of rotatable bonds is 9. The summed E-state index contributed by atoms with van der Waals surface area (Å²) in [6.45, 7) is 4.19. The standard InChI is InChI=1S/C19H28Cl2N4O2.HI/c1-2-22-19(24-8-4-7-23-18(27)13-5-3-6-13)25-12-17(26)14-9-15(20)11-16(21)10-14;/h9-11,13,17,26H,2-8,12H2,1H3,(H,23,27)(H2,22,24,25);1H. The number of benzene rings is 1. The minimum absolute atomic E-state index is 0. The molecule has 1 aliphatic carbocycles. The van der Waals surface area contributed by atoms with E-state index >= 15 is 0 Å². The fourth-order valence-corrected chi connectivity index (χ4v) is 3.26. The Bertz CT molecular complexity index is 637. The highest BCUT2D eigenvalue weighted by atomic mass is 127. The van der Waals surface area contributed by atoms with Crippen LogP contribution in [0.4, 0.5) is 0 Å². The Morgan fingerprint density at radius 1 is 1.18 bits per heavy atom. The van der Waals surface area contributed by atoms with Gasteiger partial charge in [-0.05, 0) is 49.9 Å². The number of amides is 1. The Kier molecular flexibility index (Phi) is 12.1. The summed E-state index contributed by atoms with van der Waals surface area (Å²) < 4.78 is 0. The van der Waals surface area contributed by atoms with Crippen LogP contribution in [-0.2, 0) is 4.79 Å². The van der Waals surface area contributed by atoms with Crippen molar-refractivity contribution >= 4 is 59.0 Å². The summed E-state index contributed by atoms with van der Waals surface area (Å²) in [7, 11) is 0. The van der Waals surface area contributed by atoms with Gasteiger partial charge >= 0.3 is 0 Å². The summed E-state index contributed by atoms with van der Waals surface area (Å²) in [5.41, 5.74) is 0.630. The first kappa shape index (κ1) is 25.3. The SMILES string of the molecule is CCNC(=NCC(O)c1cc(Cl)cc(Cl)c1)NCCCNC(=O)C1CCC1.I. The smallest absolute Gasteiger partial charge is 0.223 e. The molecule has 0 aromatic heterocycles. The lowest BCUT2D eigenvalue weighted by Crippen LogP contribution is -2.40. The number of hydrogen-bond acceptors (Lipinski definition) is 3. The van der Waals surface area contributed by atoms with Gasteiger partial charge < -0.3 is 21.1 Å². The lowest BCUT2D eigenvalue weighted by molar-refractivity contribution is -0.127. The van der Waals surface area contributed by atoms with Crippen molar-refractivity contribution in [2.75, 3.05) is 26.2 Å². The molecule has 28 heavy (non-hydrogen) atoms. The van der Waals surface area contributed by atoms with E-state index in [1.807, 2.05) is 6.92 Å². The Hall–Kier alpha value is -0.770.